The molecular formula is C21H11Cl3N2O5. The number of nitro groups is 1. The molecule has 2 heterocycles. The van der Waals surface area contributed by atoms with Crippen LogP contribution in [-0.4, -0.2) is 16.8 Å². The first kappa shape index (κ1) is 21.1. The third kappa shape index (κ3) is 4.20. The first-order valence-corrected chi connectivity index (χ1v) is 9.89. The second-order valence-corrected chi connectivity index (χ2v) is 7.79. The molecule has 0 unspecified atom stereocenters. The molecule has 0 fully saturated rings. The van der Waals surface area contributed by atoms with Crippen molar-refractivity contribution >= 4 is 58.4 Å². The third-order valence-electron chi connectivity index (χ3n) is 4.44. The molecular weight excluding hydrogens is 467 g/mol. The molecule has 156 valence electrons. The summed E-state index contributed by atoms with van der Waals surface area (Å²) < 4.78 is 11.0. The molecule has 0 saturated heterocycles. The number of aryl methyl sites for hydroxylation is 1. The van der Waals surface area contributed by atoms with E-state index in [1.165, 1.54) is 24.3 Å². The third-order valence-corrected chi connectivity index (χ3v) is 5.29. The van der Waals surface area contributed by atoms with Crippen LogP contribution in [0.4, 0.5) is 5.69 Å². The Bertz CT molecular complexity index is 1310. The lowest BCUT2D eigenvalue weighted by atomic mass is 10.1. The number of esters is 1. The number of carbonyl (C=O) groups excluding carboxylic acids is 1. The minimum Gasteiger partial charge on any atom is -0.457 e. The van der Waals surface area contributed by atoms with Crippen LogP contribution in [0.15, 0.2) is 57.6 Å². The molecule has 0 saturated carbocycles. The molecule has 0 amide bonds. The number of ether oxygens (including phenoxy) is 1. The average Bonchev–Trinajstić information content (AvgIpc) is 3.30. The van der Waals surface area contributed by atoms with Gasteiger partial charge < -0.3 is 9.15 Å². The highest BCUT2D eigenvalue weighted by molar-refractivity contribution is 6.37. The number of benzene rings is 2. The Morgan fingerprint density at radius 3 is 2.52 bits per heavy atom. The number of nitrogens with zero attached hydrogens (tertiary/aromatic N) is 2. The fraction of sp³-hybridized carbons (Fsp3) is 0.0476. The van der Waals surface area contributed by atoms with Gasteiger partial charge in [0.1, 0.15) is 16.5 Å². The van der Waals surface area contributed by atoms with E-state index in [9.17, 15) is 14.9 Å². The second-order valence-electron chi connectivity index (χ2n) is 6.54. The van der Waals surface area contributed by atoms with Gasteiger partial charge in [-0.1, -0.05) is 34.8 Å². The van der Waals surface area contributed by atoms with Crippen LogP contribution in [0.5, 0.6) is 0 Å². The van der Waals surface area contributed by atoms with E-state index in [-0.39, 0.29) is 22.3 Å². The van der Waals surface area contributed by atoms with E-state index in [4.69, 9.17) is 44.0 Å². The summed E-state index contributed by atoms with van der Waals surface area (Å²) in [6.45, 7) is 1.71. The molecule has 1 aromatic heterocycles. The number of halogens is 3. The Morgan fingerprint density at radius 2 is 1.81 bits per heavy atom. The van der Waals surface area contributed by atoms with Crippen LogP contribution in [0, 0.1) is 17.0 Å². The second kappa shape index (κ2) is 8.19. The molecule has 4 rings (SSSR count). The van der Waals surface area contributed by atoms with Crippen molar-refractivity contribution in [2.24, 2.45) is 4.99 Å². The van der Waals surface area contributed by atoms with Crippen molar-refractivity contribution < 1.29 is 18.9 Å². The van der Waals surface area contributed by atoms with Crippen molar-refractivity contribution in [3.63, 3.8) is 0 Å². The SMILES string of the molecule is Cc1cc([N+](=O)[O-])c(Cl)cc1-c1ccc(/C=C2\N=C(c3ccc(Cl)cc3Cl)OC2=O)o1. The molecule has 10 heteroatoms. The number of furan rings is 1. The summed E-state index contributed by atoms with van der Waals surface area (Å²) >= 11 is 18.0. The summed E-state index contributed by atoms with van der Waals surface area (Å²) in [6.07, 6.45) is 1.42. The van der Waals surface area contributed by atoms with Crippen molar-refractivity contribution in [3.8, 4) is 11.3 Å². The van der Waals surface area contributed by atoms with E-state index >= 15 is 0 Å². The van der Waals surface area contributed by atoms with E-state index in [2.05, 4.69) is 4.99 Å². The van der Waals surface area contributed by atoms with E-state index < -0.39 is 10.9 Å². The lowest BCUT2D eigenvalue weighted by Crippen LogP contribution is -2.05. The largest absolute Gasteiger partial charge is 0.457 e. The quantitative estimate of drug-likeness (QED) is 0.186. The molecule has 2 aromatic carbocycles. The van der Waals surface area contributed by atoms with Crippen LogP contribution < -0.4 is 0 Å². The number of hydrogen-bond acceptors (Lipinski definition) is 6. The van der Waals surface area contributed by atoms with Gasteiger partial charge in [-0.05, 0) is 48.9 Å². The standard InChI is InChI=1S/C21H11Cl3N2O5/c1-10-6-18(26(28)29)16(24)9-14(10)19-5-3-12(30-19)8-17-21(27)31-20(25-17)13-4-2-11(22)7-15(13)23/h2-9H,1H3/b17-8-. The Balaban J connectivity index is 1.65. The number of aliphatic imine (C=N–C) groups is 1. The number of hydrogen-bond donors (Lipinski definition) is 0. The molecule has 31 heavy (non-hydrogen) atoms. The van der Waals surface area contributed by atoms with Gasteiger partial charge in [-0.15, -0.1) is 0 Å². The number of cyclic esters (lactones) is 1. The lowest BCUT2D eigenvalue weighted by molar-refractivity contribution is -0.384. The van der Waals surface area contributed by atoms with Crippen molar-refractivity contribution in [1.82, 2.24) is 0 Å². The number of carbonyl (C=O) groups is 1. The number of rotatable bonds is 4. The molecule has 3 aromatic rings. The Kier molecular flexibility index (Phi) is 5.58. The van der Waals surface area contributed by atoms with Crippen LogP contribution in [0.2, 0.25) is 15.1 Å². The van der Waals surface area contributed by atoms with Crippen LogP contribution in [0.25, 0.3) is 17.4 Å². The van der Waals surface area contributed by atoms with Gasteiger partial charge in [0.05, 0.1) is 15.5 Å². The summed E-state index contributed by atoms with van der Waals surface area (Å²) in [5, 5.41) is 11.8. The highest BCUT2D eigenvalue weighted by Crippen LogP contribution is 2.35. The molecule has 0 N–H and O–H groups in total. The predicted molar refractivity (Wildman–Crippen MR) is 118 cm³/mol. The molecule has 0 aliphatic carbocycles. The van der Waals surface area contributed by atoms with Crippen molar-refractivity contribution in [2.45, 2.75) is 6.92 Å². The van der Waals surface area contributed by atoms with Crippen molar-refractivity contribution in [2.75, 3.05) is 0 Å². The maximum atomic E-state index is 12.2. The van der Waals surface area contributed by atoms with Gasteiger partial charge in [0.15, 0.2) is 5.70 Å². The van der Waals surface area contributed by atoms with Gasteiger partial charge in [-0.25, -0.2) is 9.79 Å². The van der Waals surface area contributed by atoms with Crippen LogP contribution in [0.1, 0.15) is 16.9 Å². The fourth-order valence-electron chi connectivity index (χ4n) is 2.97. The highest BCUT2D eigenvalue weighted by Gasteiger charge is 2.26. The van der Waals surface area contributed by atoms with Gasteiger partial charge in [0.25, 0.3) is 5.69 Å². The zero-order valence-corrected chi connectivity index (χ0v) is 18.0. The molecule has 0 atom stereocenters. The summed E-state index contributed by atoms with van der Waals surface area (Å²) in [6, 6.07) is 10.9. The zero-order chi connectivity index (χ0) is 22.3. The Labute approximate surface area is 190 Å². The van der Waals surface area contributed by atoms with Crippen LogP contribution in [-0.2, 0) is 9.53 Å². The highest BCUT2D eigenvalue weighted by atomic mass is 35.5. The van der Waals surface area contributed by atoms with Crippen LogP contribution in [0.3, 0.4) is 0 Å². The maximum Gasteiger partial charge on any atom is 0.363 e. The smallest absolute Gasteiger partial charge is 0.363 e. The van der Waals surface area contributed by atoms with Crippen molar-refractivity contribution in [1.29, 1.82) is 0 Å². The molecule has 1 aliphatic rings. The van der Waals surface area contributed by atoms with Gasteiger partial charge in [0.2, 0.25) is 5.90 Å². The van der Waals surface area contributed by atoms with Gasteiger partial charge in [-0.3, -0.25) is 10.1 Å². The van der Waals surface area contributed by atoms with E-state index in [1.54, 1.807) is 31.2 Å². The minimum atomic E-state index is -0.659. The van der Waals surface area contributed by atoms with Gasteiger partial charge in [-0.2, -0.15) is 0 Å². The maximum absolute atomic E-state index is 12.2. The molecule has 0 spiro atoms. The summed E-state index contributed by atoms with van der Waals surface area (Å²) in [5.74, 6) is 0.164. The zero-order valence-electron chi connectivity index (χ0n) is 15.7. The normalized spacial score (nSPS) is 14.6. The van der Waals surface area contributed by atoms with Gasteiger partial charge >= 0.3 is 5.97 Å². The number of nitro benzene ring substituents is 1. The molecule has 1 aliphatic heterocycles. The van der Waals surface area contributed by atoms with Crippen LogP contribution >= 0.6 is 34.8 Å². The monoisotopic (exact) mass is 476 g/mol. The van der Waals surface area contributed by atoms with Gasteiger partial charge in [0, 0.05) is 22.7 Å². The molecule has 0 radical (unpaired) electrons. The Hall–Kier alpha value is -3.13. The summed E-state index contributed by atoms with van der Waals surface area (Å²) in [7, 11) is 0. The molecule has 0 bridgehead atoms. The van der Waals surface area contributed by atoms with E-state index in [0.717, 1.165) is 0 Å². The first-order chi connectivity index (χ1) is 14.7. The summed E-state index contributed by atoms with van der Waals surface area (Å²) in [5.41, 5.74) is 1.47. The minimum absolute atomic E-state index is 0.00430. The predicted octanol–water partition coefficient (Wildman–Crippen LogP) is 6.47. The topological polar surface area (TPSA) is 94.9 Å². The van der Waals surface area contributed by atoms with Crippen molar-refractivity contribution in [3.05, 3.63) is 90.2 Å². The fourth-order valence-corrected chi connectivity index (χ4v) is 3.69. The van der Waals surface area contributed by atoms with E-state index in [1.807, 2.05) is 0 Å². The first-order valence-electron chi connectivity index (χ1n) is 8.75. The summed E-state index contributed by atoms with van der Waals surface area (Å²) in [4.78, 5) is 26.9. The average molecular weight is 478 g/mol. The Morgan fingerprint density at radius 1 is 1.03 bits per heavy atom. The van der Waals surface area contributed by atoms with E-state index in [0.29, 0.717) is 38.3 Å². The molecule has 7 nitrogen and oxygen atoms in total. The lowest BCUT2D eigenvalue weighted by Gasteiger charge is -2.04.